The molecule has 0 amide bonds. The Morgan fingerprint density at radius 3 is 2.59 bits per heavy atom. The highest BCUT2D eigenvalue weighted by molar-refractivity contribution is 7.12. The molecule has 0 saturated heterocycles. The predicted molar refractivity (Wildman–Crippen MR) is 75.9 cm³/mol. The van der Waals surface area contributed by atoms with Gasteiger partial charge in [0.15, 0.2) is 0 Å². The van der Waals surface area contributed by atoms with Gasteiger partial charge in [0.2, 0.25) is 0 Å². The Hall–Kier alpha value is -0.710. The van der Waals surface area contributed by atoms with Crippen LogP contribution >= 0.6 is 22.7 Å². The molecule has 0 aromatic carbocycles. The molecular weight excluding hydrogens is 248 g/mol. The molecule has 2 nitrogen and oxygen atoms in total. The van der Waals surface area contributed by atoms with Crippen molar-refractivity contribution in [3.05, 3.63) is 37.5 Å². The van der Waals surface area contributed by atoms with E-state index >= 15 is 0 Å². The van der Waals surface area contributed by atoms with Crippen molar-refractivity contribution in [3.63, 3.8) is 0 Å². The minimum atomic E-state index is 0.0882. The van der Waals surface area contributed by atoms with Crippen LogP contribution < -0.4 is 5.73 Å². The van der Waals surface area contributed by atoms with Gasteiger partial charge in [-0.25, -0.2) is 4.98 Å². The summed E-state index contributed by atoms with van der Waals surface area (Å²) in [5.74, 6) is 0. The summed E-state index contributed by atoms with van der Waals surface area (Å²) in [5.41, 5.74) is 7.37. The standard InChI is InChI=1S/C13H18N2S2/c1-4-10-5-6-12(17-10)11(14)7-13-15-8(2)9(3)16-13/h5-6,11H,4,7,14H2,1-3H3. The molecule has 1 unspecified atom stereocenters. The maximum atomic E-state index is 6.23. The minimum absolute atomic E-state index is 0.0882. The van der Waals surface area contributed by atoms with Gasteiger partial charge in [-0.1, -0.05) is 6.92 Å². The zero-order valence-electron chi connectivity index (χ0n) is 10.5. The minimum Gasteiger partial charge on any atom is -0.323 e. The Labute approximate surface area is 111 Å². The van der Waals surface area contributed by atoms with Crippen molar-refractivity contribution in [3.8, 4) is 0 Å². The van der Waals surface area contributed by atoms with Gasteiger partial charge >= 0.3 is 0 Å². The first-order valence-corrected chi connectivity index (χ1v) is 7.50. The van der Waals surface area contributed by atoms with E-state index < -0.39 is 0 Å². The molecule has 2 heterocycles. The van der Waals surface area contributed by atoms with Gasteiger partial charge in [-0.2, -0.15) is 0 Å². The van der Waals surface area contributed by atoms with Crippen LogP contribution in [-0.2, 0) is 12.8 Å². The van der Waals surface area contributed by atoms with E-state index in [1.807, 2.05) is 11.3 Å². The zero-order chi connectivity index (χ0) is 12.4. The Morgan fingerprint density at radius 2 is 2.06 bits per heavy atom. The largest absolute Gasteiger partial charge is 0.323 e. The first-order chi connectivity index (χ1) is 8.10. The molecule has 0 saturated carbocycles. The molecule has 17 heavy (non-hydrogen) atoms. The first-order valence-electron chi connectivity index (χ1n) is 5.87. The van der Waals surface area contributed by atoms with Crippen molar-refractivity contribution >= 4 is 22.7 Å². The molecule has 2 N–H and O–H groups in total. The third kappa shape index (κ3) is 2.94. The molecular formula is C13H18N2S2. The van der Waals surface area contributed by atoms with E-state index in [1.165, 1.54) is 14.6 Å². The average Bonchev–Trinajstić information content (AvgIpc) is 2.87. The van der Waals surface area contributed by atoms with Gasteiger partial charge < -0.3 is 5.73 Å². The van der Waals surface area contributed by atoms with Gasteiger partial charge in [0.25, 0.3) is 0 Å². The molecule has 2 aromatic rings. The van der Waals surface area contributed by atoms with Crippen molar-refractivity contribution < 1.29 is 0 Å². The second kappa shape index (κ2) is 5.29. The molecule has 0 aliphatic carbocycles. The lowest BCUT2D eigenvalue weighted by molar-refractivity contribution is 0.731. The van der Waals surface area contributed by atoms with Gasteiger partial charge in [-0.15, -0.1) is 22.7 Å². The predicted octanol–water partition coefficient (Wildman–Crippen LogP) is 3.63. The van der Waals surface area contributed by atoms with E-state index in [0.29, 0.717) is 0 Å². The fourth-order valence-electron chi connectivity index (χ4n) is 1.70. The highest BCUT2D eigenvalue weighted by Crippen LogP contribution is 2.26. The summed E-state index contributed by atoms with van der Waals surface area (Å²) < 4.78 is 0. The van der Waals surface area contributed by atoms with Crippen LogP contribution in [0.4, 0.5) is 0 Å². The Morgan fingerprint density at radius 1 is 1.29 bits per heavy atom. The van der Waals surface area contributed by atoms with Crippen molar-refractivity contribution in [2.24, 2.45) is 5.73 Å². The summed E-state index contributed by atoms with van der Waals surface area (Å²) in [6, 6.07) is 4.42. The van der Waals surface area contributed by atoms with E-state index in [-0.39, 0.29) is 6.04 Å². The Kier molecular flexibility index (Phi) is 3.97. The molecule has 0 fully saturated rings. The third-order valence-electron chi connectivity index (χ3n) is 2.86. The number of aryl methyl sites for hydroxylation is 3. The number of thiophene rings is 1. The van der Waals surface area contributed by atoms with Crippen molar-refractivity contribution in [2.75, 3.05) is 0 Å². The van der Waals surface area contributed by atoms with Gasteiger partial charge in [0.05, 0.1) is 10.7 Å². The molecule has 4 heteroatoms. The highest BCUT2D eigenvalue weighted by Gasteiger charge is 2.12. The lowest BCUT2D eigenvalue weighted by atomic mass is 10.2. The molecule has 0 spiro atoms. The first kappa shape index (κ1) is 12.7. The maximum absolute atomic E-state index is 6.23. The van der Waals surface area contributed by atoms with E-state index in [0.717, 1.165) is 23.5 Å². The summed E-state index contributed by atoms with van der Waals surface area (Å²) in [7, 11) is 0. The molecule has 0 aliphatic rings. The number of nitrogens with two attached hydrogens (primary N) is 1. The normalized spacial score (nSPS) is 12.9. The summed E-state index contributed by atoms with van der Waals surface area (Å²) >= 11 is 3.59. The molecule has 0 bridgehead atoms. The lowest BCUT2D eigenvalue weighted by Crippen LogP contribution is -2.11. The highest BCUT2D eigenvalue weighted by atomic mass is 32.1. The van der Waals surface area contributed by atoms with Crippen LogP contribution in [0.15, 0.2) is 12.1 Å². The maximum Gasteiger partial charge on any atom is 0.0950 e. The Balaban J connectivity index is 2.08. The summed E-state index contributed by atoms with van der Waals surface area (Å²) in [6.45, 7) is 6.35. The van der Waals surface area contributed by atoms with Crippen LogP contribution in [0, 0.1) is 13.8 Å². The summed E-state index contributed by atoms with van der Waals surface area (Å²) in [6.07, 6.45) is 1.94. The number of aromatic nitrogens is 1. The molecule has 0 aliphatic heterocycles. The fraction of sp³-hybridized carbons (Fsp3) is 0.462. The third-order valence-corrected chi connectivity index (χ3v) is 5.32. The topological polar surface area (TPSA) is 38.9 Å². The smallest absolute Gasteiger partial charge is 0.0950 e. The molecule has 2 rings (SSSR count). The van der Waals surface area contributed by atoms with Crippen LogP contribution in [0.3, 0.4) is 0 Å². The lowest BCUT2D eigenvalue weighted by Gasteiger charge is -2.06. The van der Waals surface area contributed by atoms with Gasteiger partial charge in [0, 0.05) is 27.1 Å². The van der Waals surface area contributed by atoms with Gasteiger partial charge in [-0.3, -0.25) is 0 Å². The Bertz CT molecular complexity index is 480. The van der Waals surface area contributed by atoms with Gasteiger partial charge in [-0.05, 0) is 32.4 Å². The van der Waals surface area contributed by atoms with Crippen molar-refractivity contribution in [1.82, 2.24) is 4.98 Å². The fourth-order valence-corrected chi connectivity index (χ4v) is 3.65. The molecule has 0 radical (unpaired) electrons. The van der Waals surface area contributed by atoms with E-state index in [9.17, 15) is 0 Å². The van der Waals surface area contributed by atoms with Crippen LogP contribution in [0.2, 0.25) is 0 Å². The number of hydrogen-bond donors (Lipinski definition) is 1. The quantitative estimate of drug-likeness (QED) is 0.918. The van der Waals surface area contributed by atoms with E-state index in [4.69, 9.17) is 5.73 Å². The zero-order valence-corrected chi connectivity index (χ0v) is 12.1. The van der Waals surface area contributed by atoms with Crippen LogP contribution in [0.25, 0.3) is 0 Å². The molecule has 1 atom stereocenters. The SMILES string of the molecule is CCc1ccc(C(N)Cc2nc(C)c(C)s2)s1. The number of hydrogen-bond acceptors (Lipinski definition) is 4. The second-order valence-electron chi connectivity index (χ2n) is 4.22. The van der Waals surface area contributed by atoms with Crippen LogP contribution in [0.5, 0.6) is 0 Å². The second-order valence-corrected chi connectivity index (χ2v) is 6.71. The number of nitrogens with zero attached hydrogens (tertiary/aromatic N) is 1. The molecule has 92 valence electrons. The van der Waals surface area contributed by atoms with Crippen LogP contribution in [0.1, 0.15) is 38.3 Å². The molecule has 2 aromatic heterocycles. The van der Waals surface area contributed by atoms with E-state index in [1.54, 1.807) is 11.3 Å². The van der Waals surface area contributed by atoms with Crippen LogP contribution in [-0.4, -0.2) is 4.98 Å². The summed E-state index contributed by atoms with van der Waals surface area (Å²) in [5, 5.41) is 1.15. The van der Waals surface area contributed by atoms with Crippen molar-refractivity contribution in [1.29, 1.82) is 0 Å². The van der Waals surface area contributed by atoms with Crippen molar-refractivity contribution in [2.45, 2.75) is 39.7 Å². The average molecular weight is 266 g/mol. The number of rotatable bonds is 4. The van der Waals surface area contributed by atoms with Gasteiger partial charge in [0.1, 0.15) is 0 Å². The van der Waals surface area contributed by atoms with E-state index in [2.05, 4.69) is 37.9 Å². The number of thiazole rings is 1. The monoisotopic (exact) mass is 266 g/mol. The summed E-state index contributed by atoms with van der Waals surface area (Å²) in [4.78, 5) is 8.52.